The summed E-state index contributed by atoms with van der Waals surface area (Å²) >= 11 is 1.57. The Morgan fingerprint density at radius 3 is 2.42 bits per heavy atom. The number of piperazine rings is 1. The Balaban J connectivity index is 1.27. The van der Waals surface area contributed by atoms with Crippen LogP contribution in [0.4, 0.5) is 5.13 Å². The van der Waals surface area contributed by atoms with E-state index in [4.69, 9.17) is 0 Å². The van der Waals surface area contributed by atoms with Crippen LogP contribution in [0.1, 0.15) is 36.7 Å². The van der Waals surface area contributed by atoms with Gasteiger partial charge in [-0.25, -0.2) is 9.97 Å². The van der Waals surface area contributed by atoms with Crippen LogP contribution in [-0.4, -0.2) is 59.4 Å². The van der Waals surface area contributed by atoms with E-state index < -0.39 is 0 Å². The molecule has 31 heavy (non-hydrogen) atoms. The Morgan fingerprint density at radius 2 is 1.77 bits per heavy atom. The van der Waals surface area contributed by atoms with Crippen molar-refractivity contribution < 1.29 is 9.59 Å². The fourth-order valence-corrected chi connectivity index (χ4v) is 4.49. The minimum absolute atomic E-state index is 0.00487. The van der Waals surface area contributed by atoms with Gasteiger partial charge < -0.3 is 15.1 Å². The Bertz CT molecular complexity index is 1050. The number of benzene rings is 1. The quantitative estimate of drug-likeness (QED) is 0.679. The average molecular weight is 438 g/mol. The topological polar surface area (TPSA) is 78.4 Å². The summed E-state index contributed by atoms with van der Waals surface area (Å²) in [6.07, 6.45) is 1.77. The monoisotopic (exact) mass is 437 g/mol. The molecule has 1 aliphatic rings. The molecule has 8 heteroatoms. The van der Waals surface area contributed by atoms with Gasteiger partial charge >= 0.3 is 0 Å². The van der Waals surface area contributed by atoms with E-state index in [0.29, 0.717) is 31.7 Å². The number of pyridine rings is 1. The molecule has 0 spiro atoms. The molecule has 1 fully saturated rings. The highest BCUT2D eigenvalue weighted by Gasteiger charge is 2.23. The van der Waals surface area contributed by atoms with Crippen molar-refractivity contribution in [2.75, 3.05) is 37.6 Å². The lowest BCUT2D eigenvalue weighted by Gasteiger charge is -2.34. The van der Waals surface area contributed by atoms with Crippen molar-refractivity contribution in [3.63, 3.8) is 0 Å². The van der Waals surface area contributed by atoms with E-state index in [2.05, 4.69) is 41.0 Å². The number of fused-ring (bicyclic) bond motifs is 1. The summed E-state index contributed by atoms with van der Waals surface area (Å²) < 4.78 is 0. The number of carbonyl (C=O) groups excluding carboxylic acids is 2. The number of aromatic nitrogens is 2. The van der Waals surface area contributed by atoms with E-state index >= 15 is 0 Å². The van der Waals surface area contributed by atoms with E-state index in [-0.39, 0.29) is 23.8 Å². The minimum Gasteiger partial charge on any atom is -0.344 e. The third kappa shape index (κ3) is 4.85. The number of hydrogen-bond acceptors (Lipinski definition) is 6. The standard InChI is InChI=1S/C23H27N5O2S/c1-23(2,3)17-8-6-16(7-9-17)20(30)25-15-19(29)27-11-13-28(14-12-27)22-26-18-5-4-10-24-21(18)31-22/h4-10H,11-15H2,1-3H3,(H,25,30). The number of hydrogen-bond donors (Lipinski definition) is 1. The molecular formula is C23H27N5O2S. The predicted molar refractivity (Wildman–Crippen MR) is 124 cm³/mol. The second kappa shape index (κ2) is 8.63. The zero-order valence-electron chi connectivity index (χ0n) is 18.1. The maximum absolute atomic E-state index is 12.6. The fourth-order valence-electron chi connectivity index (χ4n) is 3.53. The summed E-state index contributed by atoms with van der Waals surface area (Å²) in [6.45, 7) is 9.06. The molecule has 2 amide bonds. The molecule has 0 radical (unpaired) electrons. The average Bonchev–Trinajstić information content (AvgIpc) is 3.21. The van der Waals surface area contributed by atoms with Crippen molar-refractivity contribution in [2.45, 2.75) is 26.2 Å². The van der Waals surface area contributed by atoms with Gasteiger partial charge in [0.2, 0.25) is 5.91 Å². The Kier molecular flexibility index (Phi) is 5.91. The van der Waals surface area contributed by atoms with Gasteiger partial charge in [-0.3, -0.25) is 9.59 Å². The van der Waals surface area contributed by atoms with E-state index in [1.54, 1.807) is 22.4 Å². The molecule has 0 saturated carbocycles. The van der Waals surface area contributed by atoms with Gasteiger partial charge in [0.1, 0.15) is 10.3 Å². The molecule has 1 aromatic carbocycles. The summed E-state index contributed by atoms with van der Waals surface area (Å²) in [5, 5.41) is 3.69. The van der Waals surface area contributed by atoms with Gasteiger partial charge in [0.15, 0.2) is 5.13 Å². The van der Waals surface area contributed by atoms with Crippen LogP contribution in [0.2, 0.25) is 0 Å². The molecule has 0 bridgehead atoms. The molecule has 162 valence electrons. The molecule has 0 aliphatic carbocycles. The van der Waals surface area contributed by atoms with Crippen LogP contribution in [0.15, 0.2) is 42.6 Å². The number of thiazole rings is 1. The number of nitrogens with one attached hydrogen (secondary N) is 1. The van der Waals surface area contributed by atoms with Gasteiger partial charge in [0, 0.05) is 37.9 Å². The van der Waals surface area contributed by atoms with Crippen molar-refractivity contribution in [3.05, 3.63) is 53.7 Å². The first-order valence-corrected chi connectivity index (χ1v) is 11.3. The number of carbonyl (C=O) groups is 2. The molecule has 4 rings (SSSR count). The highest BCUT2D eigenvalue weighted by atomic mass is 32.1. The molecule has 1 aliphatic heterocycles. The first-order valence-electron chi connectivity index (χ1n) is 10.4. The van der Waals surface area contributed by atoms with Crippen LogP contribution in [0.3, 0.4) is 0 Å². The summed E-state index contributed by atoms with van der Waals surface area (Å²) in [6, 6.07) is 11.4. The van der Waals surface area contributed by atoms with Crippen molar-refractivity contribution in [1.29, 1.82) is 0 Å². The van der Waals surface area contributed by atoms with Crippen LogP contribution in [-0.2, 0) is 10.2 Å². The number of anilines is 1. The molecule has 2 aromatic heterocycles. The van der Waals surface area contributed by atoms with Gasteiger partial charge in [0.05, 0.1) is 6.54 Å². The minimum atomic E-state index is -0.227. The molecule has 0 atom stereocenters. The van der Waals surface area contributed by atoms with Crippen LogP contribution in [0.25, 0.3) is 10.3 Å². The van der Waals surface area contributed by atoms with Crippen LogP contribution in [0, 0.1) is 0 Å². The Hall–Kier alpha value is -3.00. The third-order valence-electron chi connectivity index (χ3n) is 5.47. The van der Waals surface area contributed by atoms with Crippen molar-refractivity contribution in [2.24, 2.45) is 0 Å². The SMILES string of the molecule is CC(C)(C)c1ccc(C(=O)NCC(=O)N2CCN(c3nc4cccnc4s3)CC2)cc1. The van der Waals surface area contributed by atoms with E-state index in [1.807, 2.05) is 36.4 Å². The van der Waals surface area contributed by atoms with Crippen molar-refractivity contribution >= 4 is 38.6 Å². The van der Waals surface area contributed by atoms with E-state index in [1.165, 1.54) is 5.56 Å². The Labute approximate surface area is 186 Å². The van der Waals surface area contributed by atoms with Gasteiger partial charge in [-0.15, -0.1) is 0 Å². The summed E-state index contributed by atoms with van der Waals surface area (Å²) in [7, 11) is 0. The predicted octanol–water partition coefficient (Wildman–Crippen LogP) is 3.07. The zero-order chi connectivity index (χ0) is 22.0. The van der Waals surface area contributed by atoms with Gasteiger partial charge in [-0.05, 0) is 35.2 Å². The van der Waals surface area contributed by atoms with Crippen molar-refractivity contribution in [3.8, 4) is 0 Å². The lowest BCUT2D eigenvalue weighted by molar-refractivity contribution is -0.130. The second-order valence-corrected chi connectivity index (χ2v) is 9.66. The number of amides is 2. The second-order valence-electron chi connectivity index (χ2n) is 8.70. The van der Waals surface area contributed by atoms with Crippen LogP contribution < -0.4 is 10.2 Å². The lowest BCUT2D eigenvalue weighted by Crippen LogP contribution is -2.51. The lowest BCUT2D eigenvalue weighted by atomic mass is 9.87. The van der Waals surface area contributed by atoms with Crippen LogP contribution >= 0.6 is 11.3 Å². The van der Waals surface area contributed by atoms with Crippen LogP contribution in [0.5, 0.6) is 0 Å². The molecular weight excluding hydrogens is 410 g/mol. The molecule has 3 aromatic rings. The third-order valence-corrected chi connectivity index (χ3v) is 6.51. The molecule has 1 N–H and O–H groups in total. The van der Waals surface area contributed by atoms with Gasteiger partial charge in [0.25, 0.3) is 5.91 Å². The zero-order valence-corrected chi connectivity index (χ0v) is 18.9. The maximum Gasteiger partial charge on any atom is 0.251 e. The smallest absolute Gasteiger partial charge is 0.251 e. The van der Waals surface area contributed by atoms with Gasteiger partial charge in [-0.1, -0.05) is 44.2 Å². The molecule has 1 saturated heterocycles. The highest BCUT2D eigenvalue weighted by molar-refractivity contribution is 7.21. The maximum atomic E-state index is 12.6. The van der Waals surface area contributed by atoms with Crippen molar-refractivity contribution in [1.82, 2.24) is 20.2 Å². The molecule has 0 unspecified atom stereocenters. The number of rotatable bonds is 4. The normalized spacial score (nSPS) is 14.7. The molecule has 3 heterocycles. The van der Waals surface area contributed by atoms with E-state index in [0.717, 1.165) is 15.5 Å². The van der Waals surface area contributed by atoms with E-state index in [9.17, 15) is 9.59 Å². The Morgan fingerprint density at radius 1 is 1.06 bits per heavy atom. The fraction of sp³-hybridized carbons (Fsp3) is 0.391. The summed E-state index contributed by atoms with van der Waals surface area (Å²) in [5.41, 5.74) is 2.67. The summed E-state index contributed by atoms with van der Waals surface area (Å²) in [5.74, 6) is -0.292. The molecule has 7 nitrogen and oxygen atoms in total. The highest BCUT2D eigenvalue weighted by Crippen LogP contribution is 2.27. The van der Waals surface area contributed by atoms with Gasteiger partial charge in [-0.2, -0.15) is 0 Å². The first kappa shape index (κ1) is 21.2. The first-order chi connectivity index (χ1) is 14.8. The largest absolute Gasteiger partial charge is 0.344 e. The number of nitrogens with zero attached hydrogens (tertiary/aromatic N) is 4. The summed E-state index contributed by atoms with van der Waals surface area (Å²) in [4.78, 5) is 38.9.